The maximum Gasteiger partial charge on any atom is 0.245 e. The lowest BCUT2D eigenvalue weighted by Crippen LogP contribution is -2.26. The summed E-state index contributed by atoms with van der Waals surface area (Å²) in [6.07, 6.45) is 2.78. The maximum absolute atomic E-state index is 11.9. The van der Waals surface area contributed by atoms with Gasteiger partial charge in [-0.25, -0.2) is 5.06 Å². The van der Waals surface area contributed by atoms with Crippen LogP contribution in [0, 0.1) is 0 Å². The zero-order valence-corrected chi connectivity index (χ0v) is 12.0. The predicted octanol–water partition coefficient (Wildman–Crippen LogP) is 1.50. The highest BCUT2D eigenvalue weighted by Crippen LogP contribution is 2.06. The van der Waals surface area contributed by atoms with E-state index in [0.717, 1.165) is 24.8 Å². The van der Waals surface area contributed by atoms with E-state index in [9.17, 15) is 4.79 Å². The molecule has 0 saturated carbocycles. The van der Waals surface area contributed by atoms with Gasteiger partial charge >= 0.3 is 0 Å². The molecule has 0 atom stereocenters. The van der Waals surface area contributed by atoms with Crippen LogP contribution in [0.1, 0.15) is 30.7 Å². The van der Waals surface area contributed by atoms with Crippen molar-refractivity contribution in [2.45, 2.75) is 32.3 Å². The fourth-order valence-electron chi connectivity index (χ4n) is 1.82. The molecule has 1 aromatic carbocycles. The summed E-state index contributed by atoms with van der Waals surface area (Å²) in [6, 6.07) is 9.76. The van der Waals surface area contributed by atoms with Gasteiger partial charge in [0.2, 0.25) is 5.91 Å². The van der Waals surface area contributed by atoms with Gasteiger partial charge in [-0.2, -0.15) is 5.21 Å². The van der Waals surface area contributed by atoms with Crippen LogP contribution in [-0.4, -0.2) is 38.6 Å². The normalized spacial score (nSPS) is 10.5. The van der Waals surface area contributed by atoms with Crippen LogP contribution in [0.3, 0.4) is 0 Å². The Hall–Kier alpha value is -2.28. The van der Waals surface area contributed by atoms with Crippen LogP contribution < -0.4 is 0 Å². The second kappa shape index (κ2) is 8.11. The highest BCUT2D eigenvalue weighted by Gasteiger charge is 2.09. The van der Waals surface area contributed by atoms with E-state index in [4.69, 9.17) is 4.84 Å². The first-order chi connectivity index (χ1) is 10.3. The number of carbonyl (C=O) groups excluding carboxylic acids is 1. The van der Waals surface area contributed by atoms with Gasteiger partial charge < -0.3 is 0 Å². The quantitative estimate of drug-likeness (QED) is 0.588. The number of hydroxylamine groups is 2. The molecule has 0 spiro atoms. The number of unbranched alkanes of at least 4 members (excludes halogenated alkanes) is 1. The van der Waals surface area contributed by atoms with Crippen molar-refractivity contribution in [1.82, 2.24) is 25.7 Å². The van der Waals surface area contributed by atoms with Crippen molar-refractivity contribution < 1.29 is 9.63 Å². The largest absolute Gasteiger partial charge is 0.273 e. The number of benzene rings is 1. The van der Waals surface area contributed by atoms with Crippen molar-refractivity contribution in [3.05, 3.63) is 41.7 Å². The Balaban J connectivity index is 1.61. The molecule has 1 amide bonds. The van der Waals surface area contributed by atoms with Crippen molar-refractivity contribution in [3.63, 3.8) is 0 Å². The third kappa shape index (κ3) is 5.31. The van der Waals surface area contributed by atoms with Crippen molar-refractivity contribution in [3.8, 4) is 0 Å². The molecule has 0 radical (unpaired) electrons. The summed E-state index contributed by atoms with van der Waals surface area (Å²) in [5.74, 6) is 0.648. The minimum Gasteiger partial charge on any atom is -0.273 e. The molecule has 0 aliphatic carbocycles. The van der Waals surface area contributed by atoms with Crippen LogP contribution in [0.25, 0.3) is 0 Å². The third-order valence-electron chi connectivity index (χ3n) is 3.05. The van der Waals surface area contributed by atoms with Crippen LogP contribution in [0.4, 0.5) is 0 Å². The number of hydrogen-bond acceptors (Lipinski definition) is 5. The first kappa shape index (κ1) is 15.1. The number of carbonyl (C=O) groups is 1. The molecule has 2 rings (SSSR count). The molecule has 1 N–H and O–H groups in total. The van der Waals surface area contributed by atoms with Crippen molar-refractivity contribution in [2.24, 2.45) is 0 Å². The highest BCUT2D eigenvalue weighted by atomic mass is 16.7. The van der Waals surface area contributed by atoms with Gasteiger partial charge in [-0.15, -0.1) is 10.2 Å². The Labute approximate surface area is 123 Å². The smallest absolute Gasteiger partial charge is 0.245 e. The molecule has 0 aliphatic heterocycles. The topological polar surface area (TPSA) is 84.0 Å². The van der Waals surface area contributed by atoms with Crippen LogP contribution in [-0.2, 0) is 22.7 Å². The number of aryl methyl sites for hydroxylation is 1. The summed E-state index contributed by atoms with van der Waals surface area (Å²) in [7, 11) is 1.64. The number of tetrazole rings is 1. The van der Waals surface area contributed by atoms with Crippen molar-refractivity contribution in [1.29, 1.82) is 0 Å². The van der Waals surface area contributed by atoms with E-state index in [-0.39, 0.29) is 5.91 Å². The molecule has 1 heterocycles. The van der Waals surface area contributed by atoms with E-state index >= 15 is 0 Å². The van der Waals surface area contributed by atoms with E-state index in [1.165, 1.54) is 5.06 Å². The third-order valence-corrected chi connectivity index (χ3v) is 3.05. The lowest BCUT2D eigenvalue weighted by Gasteiger charge is -2.16. The Kier molecular flexibility index (Phi) is 5.83. The number of nitrogens with zero attached hydrogens (tertiary/aromatic N) is 4. The lowest BCUT2D eigenvalue weighted by molar-refractivity contribution is -0.182. The summed E-state index contributed by atoms with van der Waals surface area (Å²) < 4.78 is 0. The molecule has 0 saturated heterocycles. The van der Waals surface area contributed by atoms with E-state index in [1.807, 2.05) is 30.3 Å². The van der Waals surface area contributed by atoms with Crippen LogP contribution in [0.15, 0.2) is 30.3 Å². The van der Waals surface area contributed by atoms with E-state index in [1.54, 1.807) is 7.05 Å². The molecule has 7 heteroatoms. The Morgan fingerprint density at radius 3 is 2.81 bits per heavy atom. The lowest BCUT2D eigenvalue weighted by atomic mass is 10.2. The second-order valence-corrected chi connectivity index (χ2v) is 4.69. The Bertz CT molecular complexity index is 530. The predicted molar refractivity (Wildman–Crippen MR) is 75.7 cm³/mol. The van der Waals surface area contributed by atoms with Crippen molar-refractivity contribution >= 4 is 5.91 Å². The molecule has 0 aliphatic rings. The van der Waals surface area contributed by atoms with Gasteiger partial charge in [0, 0.05) is 19.9 Å². The molecule has 0 fully saturated rings. The fourth-order valence-corrected chi connectivity index (χ4v) is 1.82. The van der Waals surface area contributed by atoms with Gasteiger partial charge in [-0.3, -0.25) is 9.63 Å². The Morgan fingerprint density at radius 2 is 2.10 bits per heavy atom. The molecule has 21 heavy (non-hydrogen) atoms. The number of aromatic amines is 1. The molecular weight excluding hydrogens is 270 g/mol. The van der Waals surface area contributed by atoms with Gasteiger partial charge in [0.25, 0.3) is 0 Å². The number of H-pyrrole nitrogens is 1. The molecule has 1 aromatic heterocycles. The van der Waals surface area contributed by atoms with E-state index < -0.39 is 0 Å². The summed E-state index contributed by atoms with van der Waals surface area (Å²) in [6.45, 7) is 0.395. The second-order valence-electron chi connectivity index (χ2n) is 4.69. The minimum absolute atomic E-state index is 0.0287. The molecular formula is C14H19N5O2. The molecule has 0 bridgehead atoms. The minimum atomic E-state index is -0.0287. The average Bonchev–Trinajstić information content (AvgIpc) is 3.03. The molecule has 7 nitrogen and oxygen atoms in total. The SMILES string of the molecule is CN(OCc1ccccc1)C(=O)CCCCc1nn[nH]n1. The number of nitrogens with one attached hydrogen (secondary N) is 1. The van der Waals surface area contributed by atoms with Crippen molar-refractivity contribution in [2.75, 3.05) is 7.05 Å². The number of hydrogen-bond donors (Lipinski definition) is 1. The maximum atomic E-state index is 11.9. The van der Waals surface area contributed by atoms with Gasteiger partial charge in [0.15, 0.2) is 5.82 Å². The van der Waals surface area contributed by atoms with Gasteiger partial charge in [0.05, 0.1) is 0 Å². The van der Waals surface area contributed by atoms with Crippen LogP contribution in [0.5, 0.6) is 0 Å². The number of aromatic nitrogens is 4. The molecule has 2 aromatic rings. The number of amides is 1. The monoisotopic (exact) mass is 289 g/mol. The summed E-state index contributed by atoms with van der Waals surface area (Å²) in [5.41, 5.74) is 1.04. The van der Waals surface area contributed by atoms with Gasteiger partial charge in [-0.1, -0.05) is 35.5 Å². The first-order valence-electron chi connectivity index (χ1n) is 6.91. The van der Waals surface area contributed by atoms with Crippen LogP contribution >= 0.6 is 0 Å². The molecule has 0 unspecified atom stereocenters. The zero-order chi connectivity index (χ0) is 14.9. The zero-order valence-electron chi connectivity index (χ0n) is 12.0. The van der Waals surface area contributed by atoms with E-state index in [2.05, 4.69) is 20.6 Å². The van der Waals surface area contributed by atoms with Gasteiger partial charge in [-0.05, 0) is 18.4 Å². The van der Waals surface area contributed by atoms with Gasteiger partial charge in [0.1, 0.15) is 6.61 Å². The summed E-state index contributed by atoms with van der Waals surface area (Å²) in [5, 5.41) is 14.9. The Morgan fingerprint density at radius 1 is 1.29 bits per heavy atom. The molecule has 112 valence electrons. The first-order valence-corrected chi connectivity index (χ1v) is 6.91. The fraction of sp³-hybridized carbons (Fsp3) is 0.429. The standard InChI is InChI=1S/C14H19N5O2/c1-19(21-11-12-7-3-2-4-8-12)14(20)10-6-5-9-13-15-17-18-16-13/h2-4,7-8H,5-6,9-11H2,1H3,(H,15,16,17,18). The van der Waals surface area contributed by atoms with E-state index in [0.29, 0.717) is 18.9 Å². The van der Waals surface area contributed by atoms with Crippen LogP contribution in [0.2, 0.25) is 0 Å². The highest BCUT2D eigenvalue weighted by molar-refractivity contribution is 5.74. The summed E-state index contributed by atoms with van der Waals surface area (Å²) >= 11 is 0. The average molecular weight is 289 g/mol. The number of rotatable bonds is 8. The summed E-state index contributed by atoms with van der Waals surface area (Å²) in [4.78, 5) is 17.3.